The molecule has 1 aromatic heterocycles. The average molecular weight is 384 g/mol. The highest BCUT2D eigenvalue weighted by Gasteiger charge is 2.30. The number of carbonyl (C=O) groups excluding carboxylic acids is 1. The molecule has 0 bridgehead atoms. The molecule has 3 aromatic rings. The third-order valence-electron chi connectivity index (χ3n) is 4.45. The third-order valence-corrected chi connectivity index (χ3v) is 4.45. The SMILES string of the molecule is O=C1CCc2ccc(Nc3cc(-c4ccc(C(F)(F)F)cc4)ncn3)cc2N1. The van der Waals surface area contributed by atoms with Gasteiger partial charge in [0.15, 0.2) is 0 Å². The first-order chi connectivity index (χ1) is 13.4. The smallest absolute Gasteiger partial charge is 0.340 e. The topological polar surface area (TPSA) is 66.9 Å². The molecule has 0 spiro atoms. The number of rotatable bonds is 3. The lowest BCUT2D eigenvalue weighted by Crippen LogP contribution is -2.18. The number of amides is 1. The monoisotopic (exact) mass is 384 g/mol. The van der Waals surface area contributed by atoms with Gasteiger partial charge in [-0.15, -0.1) is 0 Å². The molecule has 0 fully saturated rings. The maximum absolute atomic E-state index is 12.7. The molecule has 28 heavy (non-hydrogen) atoms. The molecule has 1 aliphatic rings. The molecule has 0 radical (unpaired) electrons. The molecule has 1 amide bonds. The van der Waals surface area contributed by atoms with Crippen LogP contribution in [0.4, 0.5) is 30.4 Å². The fraction of sp³-hybridized carbons (Fsp3) is 0.150. The van der Waals surface area contributed by atoms with Crippen LogP contribution in [-0.4, -0.2) is 15.9 Å². The molecule has 8 heteroatoms. The average Bonchev–Trinajstić information content (AvgIpc) is 2.67. The molecular formula is C20H15F3N4O. The van der Waals surface area contributed by atoms with E-state index in [1.54, 1.807) is 6.07 Å². The molecular weight excluding hydrogens is 369 g/mol. The standard InChI is InChI=1S/C20H15F3N4O/c21-20(22,23)14-5-1-12(2-6-14)16-10-18(25-11-24-16)26-15-7-3-13-4-8-19(28)27-17(13)9-15/h1-3,5-7,9-11H,4,8H2,(H,27,28)(H,24,25,26). The van der Waals surface area contributed by atoms with Crippen LogP contribution in [0.5, 0.6) is 0 Å². The third kappa shape index (κ3) is 3.80. The summed E-state index contributed by atoms with van der Waals surface area (Å²) in [5.41, 5.74) is 2.91. The van der Waals surface area contributed by atoms with E-state index in [9.17, 15) is 18.0 Å². The van der Waals surface area contributed by atoms with Crippen LogP contribution < -0.4 is 10.6 Å². The van der Waals surface area contributed by atoms with Gasteiger partial charge < -0.3 is 10.6 Å². The molecule has 0 aliphatic carbocycles. The molecule has 5 nitrogen and oxygen atoms in total. The first-order valence-corrected chi connectivity index (χ1v) is 8.58. The molecule has 142 valence electrons. The predicted molar refractivity (Wildman–Crippen MR) is 99.1 cm³/mol. The van der Waals surface area contributed by atoms with Crippen molar-refractivity contribution in [1.82, 2.24) is 9.97 Å². The summed E-state index contributed by atoms with van der Waals surface area (Å²) in [6.45, 7) is 0. The normalized spacial score (nSPS) is 13.6. The van der Waals surface area contributed by atoms with Gasteiger partial charge in [-0.2, -0.15) is 13.2 Å². The van der Waals surface area contributed by atoms with Crippen LogP contribution >= 0.6 is 0 Å². The van der Waals surface area contributed by atoms with Gasteiger partial charge in [-0.3, -0.25) is 4.79 Å². The van der Waals surface area contributed by atoms with Gasteiger partial charge in [0.25, 0.3) is 0 Å². The van der Waals surface area contributed by atoms with E-state index >= 15 is 0 Å². The van der Waals surface area contributed by atoms with Crippen molar-refractivity contribution in [3.63, 3.8) is 0 Å². The molecule has 0 saturated carbocycles. The number of hydrogen-bond acceptors (Lipinski definition) is 4. The Morgan fingerprint density at radius 2 is 1.75 bits per heavy atom. The summed E-state index contributed by atoms with van der Waals surface area (Å²) < 4.78 is 38.1. The van der Waals surface area contributed by atoms with Gasteiger partial charge in [-0.1, -0.05) is 18.2 Å². The Labute approximate surface area is 158 Å². The Kier molecular flexibility index (Phi) is 4.46. The number of benzene rings is 2. The molecule has 1 aliphatic heterocycles. The molecule has 2 heterocycles. The van der Waals surface area contributed by atoms with Gasteiger partial charge in [0.1, 0.15) is 12.1 Å². The lowest BCUT2D eigenvalue weighted by molar-refractivity contribution is -0.137. The first-order valence-electron chi connectivity index (χ1n) is 8.58. The van der Waals surface area contributed by atoms with E-state index in [1.165, 1.54) is 18.5 Å². The Morgan fingerprint density at radius 1 is 0.964 bits per heavy atom. The first kappa shape index (κ1) is 18.0. The van der Waals surface area contributed by atoms with Crippen LogP contribution in [0.2, 0.25) is 0 Å². The van der Waals surface area contributed by atoms with Crippen LogP contribution in [0, 0.1) is 0 Å². The van der Waals surface area contributed by atoms with Gasteiger partial charge in [-0.25, -0.2) is 9.97 Å². The highest BCUT2D eigenvalue weighted by Crippen LogP contribution is 2.31. The molecule has 0 saturated heterocycles. The van der Waals surface area contributed by atoms with Crippen molar-refractivity contribution in [2.75, 3.05) is 10.6 Å². The zero-order valence-corrected chi connectivity index (χ0v) is 14.5. The number of halogens is 3. The second-order valence-corrected chi connectivity index (χ2v) is 6.41. The van der Waals surface area contributed by atoms with Crippen molar-refractivity contribution in [3.8, 4) is 11.3 Å². The van der Waals surface area contributed by atoms with Crippen LogP contribution in [0.15, 0.2) is 54.9 Å². The zero-order chi connectivity index (χ0) is 19.7. The summed E-state index contributed by atoms with van der Waals surface area (Å²) in [7, 11) is 0. The van der Waals surface area contributed by atoms with E-state index in [4.69, 9.17) is 0 Å². The number of aromatic nitrogens is 2. The van der Waals surface area contributed by atoms with Crippen molar-refractivity contribution in [3.05, 3.63) is 66.0 Å². The molecule has 0 unspecified atom stereocenters. The van der Waals surface area contributed by atoms with Crippen molar-refractivity contribution >= 4 is 23.1 Å². The molecule has 2 aromatic carbocycles. The number of nitrogens with one attached hydrogen (secondary N) is 2. The van der Waals surface area contributed by atoms with Gasteiger partial charge in [0.2, 0.25) is 5.91 Å². The highest BCUT2D eigenvalue weighted by atomic mass is 19.4. The maximum atomic E-state index is 12.7. The van der Waals surface area contributed by atoms with Gasteiger partial charge in [0.05, 0.1) is 11.3 Å². The van der Waals surface area contributed by atoms with E-state index in [1.807, 2.05) is 18.2 Å². The summed E-state index contributed by atoms with van der Waals surface area (Å²) in [5, 5.41) is 5.97. The minimum Gasteiger partial charge on any atom is -0.340 e. The predicted octanol–water partition coefficient (Wildman–Crippen LogP) is 4.79. The summed E-state index contributed by atoms with van der Waals surface area (Å²) >= 11 is 0. The quantitative estimate of drug-likeness (QED) is 0.681. The van der Waals surface area contributed by atoms with Crippen LogP contribution in [0.25, 0.3) is 11.3 Å². The minimum atomic E-state index is -4.38. The lowest BCUT2D eigenvalue weighted by Gasteiger charge is -2.18. The van der Waals surface area contributed by atoms with E-state index < -0.39 is 11.7 Å². The number of carbonyl (C=O) groups is 1. The van der Waals surface area contributed by atoms with Gasteiger partial charge in [-0.05, 0) is 36.2 Å². The summed E-state index contributed by atoms with van der Waals surface area (Å²) in [4.78, 5) is 19.8. The summed E-state index contributed by atoms with van der Waals surface area (Å²) in [6, 6.07) is 12.1. The Bertz CT molecular complexity index is 1030. The second-order valence-electron chi connectivity index (χ2n) is 6.41. The van der Waals surface area contributed by atoms with Crippen molar-refractivity contribution in [2.45, 2.75) is 19.0 Å². The fourth-order valence-corrected chi connectivity index (χ4v) is 3.01. The number of hydrogen-bond donors (Lipinski definition) is 2. The van der Waals surface area contributed by atoms with Crippen LogP contribution in [0.3, 0.4) is 0 Å². The number of anilines is 3. The van der Waals surface area contributed by atoms with Crippen LogP contribution in [-0.2, 0) is 17.4 Å². The molecule has 0 atom stereocenters. The Morgan fingerprint density at radius 3 is 2.50 bits per heavy atom. The van der Waals surface area contributed by atoms with Gasteiger partial charge in [0, 0.05) is 29.4 Å². The van der Waals surface area contributed by atoms with Crippen LogP contribution in [0.1, 0.15) is 17.5 Å². The summed E-state index contributed by atoms with van der Waals surface area (Å²) in [5.74, 6) is 0.475. The van der Waals surface area contributed by atoms with Crippen molar-refractivity contribution in [2.24, 2.45) is 0 Å². The van der Waals surface area contributed by atoms with E-state index in [0.29, 0.717) is 29.9 Å². The Hall–Kier alpha value is -3.42. The lowest BCUT2D eigenvalue weighted by atomic mass is 10.0. The second kappa shape index (κ2) is 6.95. The minimum absolute atomic E-state index is 0.0173. The fourth-order valence-electron chi connectivity index (χ4n) is 3.01. The maximum Gasteiger partial charge on any atom is 0.416 e. The number of nitrogens with zero attached hydrogens (tertiary/aromatic N) is 2. The van der Waals surface area contributed by atoms with Crippen molar-refractivity contribution in [1.29, 1.82) is 0 Å². The van der Waals surface area contributed by atoms with E-state index in [0.717, 1.165) is 29.1 Å². The largest absolute Gasteiger partial charge is 0.416 e. The summed E-state index contributed by atoms with van der Waals surface area (Å²) in [6.07, 6.45) is -1.86. The molecule has 2 N–H and O–H groups in total. The molecule has 4 rings (SSSR count). The van der Waals surface area contributed by atoms with E-state index in [2.05, 4.69) is 20.6 Å². The zero-order valence-electron chi connectivity index (χ0n) is 14.5. The Balaban J connectivity index is 1.56. The number of aryl methyl sites for hydroxylation is 1. The van der Waals surface area contributed by atoms with E-state index in [-0.39, 0.29) is 5.91 Å². The number of fused-ring (bicyclic) bond motifs is 1. The van der Waals surface area contributed by atoms with Gasteiger partial charge >= 0.3 is 6.18 Å². The highest BCUT2D eigenvalue weighted by molar-refractivity contribution is 5.94. The number of alkyl halides is 3. The van der Waals surface area contributed by atoms with Crippen molar-refractivity contribution < 1.29 is 18.0 Å².